The molecule has 1 heterocycles. The van der Waals surface area contributed by atoms with Gasteiger partial charge in [0, 0.05) is 31.4 Å². The van der Waals surface area contributed by atoms with Crippen molar-refractivity contribution in [2.45, 2.75) is 38.5 Å². The molecule has 3 amide bonds. The van der Waals surface area contributed by atoms with Crippen LogP contribution in [-0.4, -0.2) is 69.6 Å². The van der Waals surface area contributed by atoms with Crippen LogP contribution < -0.4 is 16.2 Å². The zero-order valence-electron chi connectivity index (χ0n) is 16.1. The van der Waals surface area contributed by atoms with Gasteiger partial charge < -0.3 is 30.3 Å². The van der Waals surface area contributed by atoms with Crippen molar-refractivity contribution in [2.75, 3.05) is 6.54 Å². The minimum atomic E-state index is -1.87. The van der Waals surface area contributed by atoms with E-state index in [2.05, 4.69) is 5.32 Å². The average molecular weight is 420 g/mol. The lowest BCUT2D eigenvalue weighted by Gasteiger charge is -2.12. The zero-order valence-corrected chi connectivity index (χ0v) is 16.1. The molecule has 1 aliphatic rings. The second-order valence-corrected chi connectivity index (χ2v) is 6.75. The number of amides is 3. The van der Waals surface area contributed by atoms with Crippen LogP contribution in [0.5, 0.6) is 0 Å². The van der Waals surface area contributed by atoms with Crippen LogP contribution in [0.15, 0.2) is 18.2 Å². The van der Waals surface area contributed by atoms with E-state index in [9.17, 15) is 39.3 Å². The Bertz CT molecular complexity index is 774. The Labute approximate surface area is 172 Å². The summed E-state index contributed by atoms with van der Waals surface area (Å²) in [4.78, 5) is 51.4. The fraction of sp³-hybridized carbons (Fsp3) is 0.412. The molecule has 0 atom stereocenters. The van der Waals surface area contributed by atoms with Crippen molar-refractivity contribution in [1.82, 2.24) is 10.4 Å². The Morgan fingerprint density at radius 2 is 1.50 bits per heavy atom. The summed E-state index contributed by atoms with van der Waals surface area (Å²) < 4.78 is 0. The van der Waals surface area contributed by atoms with Crippen molar-refractivity contribution in [1.29, 1.82) is 0 Å². The summed E-state index contributed by atoms with van der Waals surface area (Å²) in [6.07, 6.45) is 1.60. The second-order valence-electron chi connectivity index (χ2n) is 6.75. The maximum atomic E-state index is 12.2. The van der Waals surface area contributed by atoms with E-state index < -0.39 is 37.9 Å². The Morgan fingerprint density at radius 3 is 2.03 bits per heavy atom. The third-order valence-electron chi connectivity index (χ3n) is 4.38. The number of imide groups is 1. The summed E-state index contributed by atoms with van der Waals surface area (Å²) >= 11 is 0. The third kappa shape index (κ3) is 6.66. The van der Waals surface area contributed by atoms with Crippen LogP contribution in [0.2, 0.25) is 0 Å². The van der Waals surface area contributed by atoms with Gasteiger partial charge in [0.15, 0.2) is 0 Å². The van der Waals surface area contributed by atoms with Crippen LogP contribution >= 0.6 is 0 Å². The van der Waals surface area contributed by atoms with Gasteiger partial charge in [-0.3, -0.25) is 14.4 Å². The summed E-state index contributed by atoms with van der Waals surface area (Å²) in [5.74, 6) is -2.29. The van der Waals surface area contributed by atoms with E-state index in [4.69, 9.17) is 4.84 Å². The molecule has 30 heavy (non-hydrogen) atoms. The highest BCUT2D eigenvalue weighted by Gasteiger charge is 2.32. The minimum absolute atomic E-state index is 0.0131. The van der Waals surface area contributed by atoms with Crippen LogP contribution in [0.3, 0.4) is 0 Å². The predicted octanol–water partition coefficient (Wildman–Crippen LogP) is -3.06. The van der Waals surface area contributed by atoms with Crippen molar-refractivity contribution in [2.24, 2.45) is 0 Å². The molecule has 160 valence electrons. The van der Waals surface area contributed by atoms with E-state index in [1.165, 1.54) is 12.1 Å². The maximum Gasteiger partial charge on any atom is 0.488 e. The third-order valence-corrected chi connectivity index (χ3v) is 4.38. The topological polar surface area (TPSA) is 174 Å². The van der Waals surface area contributed by atoms with E-state index in [1.807, 2.05) is 0 Å². The molecule has 0 spiro atoms. The van der Waals surface area contributed by atoms with Crippen LogP contribution in [-0.2, 0) is 19.2 Å². The molecule has 1 aromatic carbocycles. The average Bonchev–Trinajstić information content (AvgIpc) is 3.01. The van der Waals surface area contributed by atoms with Gasteiger partial charge in [0.2, 0.25) is 0 Å². The Kier molecular flexibility index (Phi) is 8.54. The van der Waals surface area contributed by atoms with E-state index >= 15 is 0 Å². The van der Waals surface area contributed by atoms with E-state index in [-0.39, 0.29) is 42.3 Å². The summed E-state index contributed by atoms with van der Waals surface area (Å²) in [7, 11) is -3.75. The molecular weight excluding hydrogens is 398 g/mol. The SMILES string of the molecule is O=C(CCCCCNC(=O)c1cc(B(O)O)cc(B(O)O)c1)ON1C(=O)CCC1=O. The molecule has 1 aliphatic heterocycles. The van der Waals surface area contributed by atoms with E-state index in [0.29, 0.717) is 24.3 Å². The lowest BCUT2D eigenvalue weighted by atomic mass is 9.72. The van der Waals surface area contributed by atoms with Gasteiger partial charge in [-0.15, -0.1) is 5.06 Å². The molecule has 5 N–H and O–H groups in total. The quantitative estimate of drug-likeness (QED) is 0.150. The Hall–Kier alpha value is -2.73. The zero-order chi connectivity index (χ0) is 22.3. The van der Waals surface area contributed by atoms with Gasteiger partial charge in [-0.25, -0.2) is 4.79 Å². The highest BCUT2D eigenvalue weighted by atomic mass is 16.7. The van der Waals surface area contributed by atoms with E-state index in [0.717, 1.165) is 6.07 Å². The Balaban J connectivity index is 1.71. The molecule has 2 rings (SSSR count). The van der Waals surface area contributed by atoms with Gasteiger partial charge in [-0.2, -0.15) is 0 Å². The van der Waals surface area contributed by atoms with E-state index in [1.54, 1.807) is 0 Å². The largest absolute Gasteiger partial charge is 0.488 e. The smallest absolute Gasteiger partial charge is 0.423 e. The van der Waals surface area contributed by atoms with Crippen molar-refractivity contribution in [3.05, 3.63) is 23.8 Å². The van der Waals surface area contributed by atoms with Gasteiger partial charge in [0.1, 0.15) is 0 Å². The highest BCUT2D eigenvalue weighted by Crippen LogP contribution is 2.13. The van der Waals surface area contributed by atoms with Gasteiger partial charge in [-0.1, -0.05) is 12.5 Å². The molecule has 1 fully saturated rings. The first kappa shape index (κ1) is 23.5. The number of carbonyl (C=O) groups excluding carboxylic acids is 4. The fourth-order valence-corrected chi connectivity index (χ4v) is 2.79. The number of carbonyl (C=O) groups is 4. The number of unbranched alkanes of at least 4 members (excludes halogenated alkanes) is 2. The number of hydrogen-bond acceptors (Lipinski definition) is 9. The van der Waals surface area contributed by atoms with Crippen molar-refractivity contribution >= 4 is 48.9 Å². The maximum absolute atomic E-state index is 12.2. The predicted molar refractivity (Wildman–Crippen MR) is 104 cm³/mol. The van der Waals surface area contributed by atoms with Gasteiger partial charge in [0.25, 0.3) is 17.7 Å². The lowest BCUT2D eigenvalue weighted by Crippen LogP contribution is -2.40. The molecule has 1 saturated heterocycles. The molecule has 13 heteroatoms. The summed E-state index contributed by atoms with van der Waals surface area (Å²) in [5, 5.41) is 40.1. The molecule has 1 aromatic rings. The van der Waals surface area contributed by atoms with Crippen molar-refractivity contribution in [3.8, 4) is 0 Å². The van der Waals surface area contributed by atoms with Crippen LogP contribution in [0.25, 0.3) is 0 Å². The normalized spacial score (nSPS) is 13.4. The van der Waals surface area contributed by atoms with Crippen LogP contribution in [0, 0.1) is 0 Å². The number of rotatable bonds is 10. The lowest BCUT2D eigenvalue weighted by molar-refractivity contribution is -0.197. The van der Waals surface area contributed by atoms with Gasteiger partial charge in [0.05, 0.1) is 0 Å². The molecular formula is C17H22B2N2O9. The summed E-state index contributed by atoms with van der Waals surface area (Å²) in [5.41, 5.74) is -0.0781. The molecule has 0 unspecified atom stereocenters. The van der Waals surface area contributed by atoms with Crippen molar-refractivity contribution in [3.63, 3.8) is 0 Å². The number of nitrogens with one attached hydrogen (secondary N) is 1. The molecule has 0 radical (unpaired) electrons. The molecule has 0 aliphatic carbocycles. The minimum Gasteiger partial charge on any atom is -0.423 e. The van der Waals surface area contributed by atoms with Gasteiger partial charge >= 0.3 is 20.2 Å². The number of hydroxylamine groups is 2. The Morgan fingerprint density at radius 1 is 0.933 bits per heavy atom. The molecule has 0 bridgehead atoms. The molecule has 0 aromatic heterocycles. The number of nitrogens with zero attached hydrogens (tertiary/aromatic N) is 1. The highest BCUT2D eigenvalue weighted by molar-refractivity contribution is 6.62. The van der Waals surface area contributed by atoms with Crippen LogP contribution in [0.1, 0.15) is 48.9 Å². The molecule has 11 nitrogen and oxygen atoms in total. The first-order valence-electron chi connectivity index (χ1n) is 9.41. The first-order chi connectivity index (χ1) is 14.2. The summed E-state index contributed by atoms with van der Waals surface area (Å²) in [6.45, 7) is 0.264. The van der Waals surface area contributed by atoms with Crippen molar-refractivity contribution < 1.29 is 44.1 Å². The molecule has 0 saturated carbocycles. The van der Waals surface area contributed by atoms with Gasteiger partial charge in [-0.05, 0) is 35.9 Å². The number of hydrogen-bond donors (Lipinski definition) is 5. The fourth-order valence-electron chi connectivity index (χ4n) is 2.79. The first-order valence-corrected chi connectivity index (χ1v) is 9.41. The van der Waals surface area contributed by atoms with Crippen LogP contribution in [0.4, 0.5) is 0 Å². The summed E-state index contributed by atoms with van der Waals surface area (Å²) in [6, 6.07) is 3.61. The second kappa shape index (κ2) is 10.9. The monoisotopic (exact) mass is 420 g/mol. The number of benzene rings is 1. The standard InChI is InChI=1S/C17H22B2N2O9/c22-14-5-6-15(23)21(14)30-16(24)4-2-1-3-7-20-17(25)11-8-12(18(26)27)10-13(9-11)19(28)29/h8-10,26-29H,1-7H2,(H,20,25).